The van der Waals surface area contributed by atoms with E-state index in [4.69, 9.17) is 5.73 Å². The number of rotatable bonds is 7. The van der Waals surface area contributed by atoms with E-state index in [9.17, 15) is 29.4 Å². The number of nitrogens with zero attached hydrogens (tertiary/aromatic N) is 2. The van der Waals surface area contributed by atoms with Crippen molar-refractivity contribution in [3.63, 3.8) is 0 Å². The zero-order valence-electron chi connectivity index (χ0n) is 17.2. The van der Waals surface area contributed by atoms with E-state index < -0.39 is 48.2 Å². The van der Waals surface area contributed by atoms with E-state index >= 15 is 0 Å². The minimum atomic E-state index is -1.11. The number of hydrogen-bond acceptors (Lipinski definition) is 7. The van der Waals surface area contributed by atoms with Gasteiger partial charge in [0, 0.05) is 13.1 Å². The van der Waals surface area contributed by atoms with Crippen LogP contribution in [0.3, 0.4) is 0 Å². The summed E-state index contributed by atoms with van der Waals surface area (Å²) in [4.78, 5) is 52.9. The van der Waals surface area contributed by atoms with Gasteiger partial charge in [-0.05, 0) is 46.5 Å². The normalized spacial score (nSPS) is 26.0. The molecule has 0 radical (unpaired) electrons. The van der Waals surface area contributed by atoms with Crippen LogP contribution in [0.2, 0.25) is 0 Å². The molecule has 0 bridgehead atoms. The molecule has 3 amide bonds. The third-order valence-corrected chi connectivity index (χ3v) is 5.68. The second-order valence-electron chi connectivity index (χ2n) is 7.98. The van der Waals surface area contributed by atoms with Crippen molar-refractivity contribution >= 4 is 23.5 Å². The Balaban J connectivity index is 2.11. The number of carbonyl (C=O) groups excluding carboxylic acids is 4. The van der Waals surface area contributed by atoms with Crippen molar-refractivity contribution in [2.45, 2.75) is 82.8 Å². The van der Waals surface area contributed by atoms with Gasteiger partial charge in [-0.2, -0.15) is 0 Å². The Morgan fingerprint density at radius 1 is 0.966 bits per heavy atom. The highest BCUT2D eigenvalue weighted by atomic mass is 16.3. The molecule has 2 saturated heterocycles. The third-order valence-electron chi connectivity index (χ3n) is 5.68. The predicted molar refractivity (Wildman–Crippen MR) is 103 cm³/mol. The Labute approximate surface area is 170 Å². The number of Topliss-reactive ketones (excluding diaryl/α,β-unsaturated/α-hetero) is 1. The fourth-order valence-corrected chi connectivity index (χ4v) is 3.99. The number of nitrogens with one attached hydrogen (secondary N) is 1. The second kappa shape index (κ2) is 9.64. The average molecular weight is 412 g/mol. The van der Waals surface area contributed by atoms with Crippen LogP contribution in [0.5, 0.6) is 0 Å². The molecule has 0 aromatic carbocycles. The van der Waals surface area contributed by atoms with Gasteiger partial charge in [0.25, 0.3) is 0 Å². The minimum absolute atomic E-state index is 0.331. The Morgan fingerprint density at radius 3 is 2.03 bits per heavy atom. The number of hydrogen-bond donors (Lipinski definition) is 4. The van der Waals surface area contributed by atoms with Crippen LogP contribution in [0.25, 0.3) is 0 Å². The lowest BCUT2D eigenvalue weighted by Crippen LogP contribution is -2.58. The topological polar surface area (TPSA) is 153 Å². The zero-order valence-corrected chi connectivity index (χ0v) is 17.2. The molecular weight excluding hydrogens is 380 g/mol. The molecule has 10 nitrogen and oxygen atoms in total. The number of ketones is 1. The van der Waals surface area contributed by atoms with E-state index in [0.717, 1.165) is 0 Å². The van der Waals surface area contributed by atoms with E-state index in [-0.39, 0.29) is 11.7 Å². The van der Waals surface area contributed by atoms with Crippen LogP contribution in [0, 0.1) is 0 Å². The fourth-order valence-electron chi connectivity index (χ4n) is 3.99. The van der Waals surface area contributed by atoms with Gasteiger partial charge in [0.2, 0.25) is 17.7 Å². The predicted octanol–water partition coefficient (Wildman–Crippen LogP) is -1.87. The fraction of sp³-hybridized carbons (Fsp3) is 0.789. The average Bonchev–Trinajstić information content (AvgIpc) is 3.32. The van der Waals surface area contributed by atoms with Gasteiger partial charge in [-0.3, -0.25) is 19.2 Å². The summed E-state index contributed by atoms with van der Waals surface area (Å²) in [6.07, 6.45) is 0.0759. The van der Waals surface area contributed by atoms with Crippen molar-refractivity contribution in [2.75, 3.05) is 13.1 Å². The highest BCUT2D eigenvalue weighted by Crippen LogP contribution is 2.25. The maximum absolute atomic E-state index is 13.2. The molecule has 0 spiro atoms. The molecule has 2 rings (SSSR count). The largest absolute Gasteiger partial charge is 0.391 e. The Morgan fingerprint density at radius 2 is 1.52 bits per heavy atom. The highest BCUT2D eigenvalue weighted by molar-refractivity contribution is 5.95. The van der Waals surface area contributed by atoms with Crippen LogP contribution in [-0.2, 0) is 19.2 Å². The second-order valence-corrected chi connectivity index (χ2v) is 7.98. The van der Waals surface area contributed by atoms with Crippen LogP contribution in [0.15, 0.2) is 0 Å². The lowest BCUT2D eigenvalue weighted by atomic mass is 10.1. The monoisotopic (exact) mass is 412 g/mol. The Bertz CT molecular complexity index is 653. The van der Waals surface area contributed by atoms with Gasteiger partial charge in [0.15, 0.2) is 5.78 Å². The smallest absolute Gasteiger partial charge is 0.246 e. The maximum atomic E-state index is 13.2. The van der Waals surface area contributed by atoms with E-state index in [1.807, 2.05) is 0 Å². The molecule has 0 saturated carbocycles. The maximum Gasteiger partial charge on any atom is 0.246 e. The van der Waals surface area contributed by atoms with E-state index in [0.29, 0.717) is 38.8 Å². The summed E-state index contributed by atoms with van der Waals surface area (Å²) < 4.78 is 0. The van der Waals surface area contributed by atoms with Crippen LogP contribution in [0.4, 0.5) is 0 Å². The lowest BCUT2D eigenvalue weighted by Gasteiger charge is -2.33. The number of aliphatic hydroxyl groups is 2. The molecule has 0 aromatic heterocycles. The van der Waals surface area contributed by atoms with Crippen molar-refractivity contribution < 1.29 is 29.4 Å². The molecule has 2 aliphatic rings. The molecule has 5 N–H and O–H groups in total. The summed E-state index contributed by atoms with van der Waals surface area (Å²) in [6.45, 7) is 4.86. The van der Waals surface area contributed by atoms with Crippen molar-refractivity contribution in [2.24, 2.45) is 5.73 Å². The van der Waals surface area contributed by atoms with E-state index in [2.05, 4.69) is 5.32 Å². The van der Waals surface area contributed by atoms with Gasteiger partial charge < -0.3 is 31.1 Å². The number of aliphatic hydroxyl groups excluding tert-OH is 2. The van der Waals surface area contributed by atoms with Crippen LogP contribution >= 0.6 is 0 Å². The molecule has 2 aliphatic heterocycles. The first kappa shape index (κ1) is 23.2. The summed E-state index contributed by atoms with van der Waals surface area (Å²) in [6, 6.07) is -3.62. The summed E-state index contributed by atoms with van der Waals surface area (Å²) >= 11 is 0. The molecule has 6 atom stereocenters. The molecule has 0 aromatic rings. The molecule has 2 fully saturated rings. The molecule has 164 valence electrons. The minimum Gasteiger partial charge on any atom is -0.391 e. The summed E-state index contributed by atoms with van der Waals surface area (Å²) in [5.41, 5.74) is 5.76. The number of nitrogens with two attached hydrogens (primary N) is 1. The van der Waals surface area contributed by atoms with Gasteiger partial charge in [0.1, 0.15) is 24.2 Å². The highest BCUT2D eigenvalue weighted by Gasteiger charge is 2.43. The van der Waals surface area contributed by atoms with Crippen molar-refractivity contribution in [3.8, 4) is 0 Å². The van der Waals surface area contributed by atoms with Crippen molar-refractivity contribution in [1.82, 2.24) is 15.1 Å². The molecule has 2 unspecified atom stereocenters. The van der Waals surface area contributed by atoms with Gasteiger partial charge in [-0.1, -0.05) is 0 Å². The van der Waals surface area contributed by atoms with Gasteiger partial charge in [-0.15, -0.1) is 0 Å². The SMILES string of the molecule is CC(=O)[C@@H](NC(=O)C1CCCN1C(=O)C1CCCN1C(=O)[C@@H](N)[C@@H](C)O)[C@@H](C)O. The van der Waals surface area contributed by atoms with Crippen molar-refractivity contribution in [3.05, 3.63) is 0 Å². The van der Waals surface area contributed by atoms with Crippen molar-refractivity contribution in [1.29, 1.82) is 0 Å². The molecule has 10 heteroatoms. The first-order valence-corrected chi connectivity index (χ1v) is 10.1. The lowest BCUT2D eigenvalue weighted by molar-refractivity contribution is -0.148. The summed E-state index contributed by atoms with van der Waals surface area (Å²) in [7, 11) is 0. The first-order valence-electron chi connectivity index (χ1n) is 10.1. The number of likely N-dealkylation sites (tertiary alicyclic amines) is 2. The van der Waals surface area contributed by atoms with E-state index in [1.165, 1.54) is 30.6 Å². The number of amides is 3. The van der Waals surface area contributed by atoms with E-state index in [1.54, 1.807) is 0 Å². The Kier molecular flexibility index (Phi) is 7.73. The Hall–Kier alpha value is -2.04. The quantitative estimate of drug-likeness (QED) is 0.382. The zero-order chi connectivity index (χ0) is 21.9. The van der Waals surface area contributed by atoms with Gasteiger partial charge in [0.05, 0.1) is 12.2 Å². The molecule has 0 aliphatic carbocycles. The first-order chi connectivity index (χ1) is 13.6. The van der Waals surface area contributed by atoms with Crippen LogP contribution in [-0.4, -0.2) is 93.0 Å². The van der Waals surface area contributed by atoms with Crippen LogP contribution in [0.1, 0.15) is 46.5 Å². The molecule has 2 heterocycles. The van der Waals surface area contributed by atoms with Crippen LogP contribution < -0.4 is 11.1 Å². The van der Waals surface area contributed by atoms with Gasteiger partial charge >= 0.3 is 0 Å². The summed E-state index contributed by atoms with van der Waals surface area (Å²) in [5.74, 6) is -1.68. The van der Waals surface area contributed by atoms with Gasteiger partial charge in [-0.25, -0.2) is 0 Å². The summed E-state index contributed by atoms with van der Waals surface area (Å²) in [5, 5.41) is 21.9. The standard InChI is InChI=1S/C19H32N4O6/c1-10(24)15(20)19(29)23-9-5-7-14(23)18(28)22-8-4-6-13(22)17(27)21-16(11(2)25)12(3)26/h10-11,13-16,24-25H,4-9,20H2,1-3H3,(H,21,27)/t10-,11-,13?,14?,15+,16+/m1/s1. The molecule has 29 heavy (non-hydrogen) atoms. The molecular formula is C19H32N4O6. The third kappa shape index (κ3) is 5.12. The number of carbonyl (C=O) groups is 4.